The first-order valence-corrected chi connectivity index (χ1v) is 5.82. The van der Waals surface area contributed by atoms with Crippen LogP contribution >= 0.6 is 22.6 Å². The van der Waals surface area contributed by atoms with E-state index < -0.39 is 0 Å². The van der Waals surface area contributed by atoms with Crippen LogP contribution in [-0.2, 0) is 0 Å². The second-order valence-electron chi connectivity index (χ2n) is 3.19. The summed E-state index contributed by atoms with van der Waals surface area (Å²) in [5.74, 6) is 0. The third-order valence-corrected chi connectivity index (χ3v) is 2.95. The molecule has 0 aromatic heterocycles. The third kappa shape index (κ3) is 3.13. The van der Waals surface area contributed by atoms with Crippen molar-refractivity contribution in [3.8, 4) is 0 Å². The number of nitrogens with one attached hydrogen (secondary N) is 1. The minimum Gasteiger partial charge on any atom is -0.398 e. The molecule has 1 aromatic carbocycles. The van der Waals surface area contributed by atoms with E-state index in [0.29, 0.717) is 35.4 Å². The van der Waals surface area contributed by atoms with Crippen LogP contribution in [0.25, 0.3) is 0 Å². The smallest absolute Gasteiger partial charge is 0.152 e. The zero-order chi connectivity index (χ0) is 12.1. The number of nitrogens with two attached hydrogens (primary N) is 1. The summed E-state index contributed by atoms with van der Waals surface area (Å²) in [5, 5.41) is 7.45. The fourth-order valence-electron chi connectivity index (χ4n) is 1.04. The van der Waals surface area contributed by atoms with E-state index in [0.717, 1.165) is 3.57 Å². The van der Waals surface area contributed by atoms with Crippen molar-refractivity contribution in [1.82, 2.24) is 0 Å². The second-order valence-corrected chi connectivity index (χ2v) is 4.35. The van der Waals surface area contributed by atoms with E-state index in [1.165, 1.54) is 6.21 Å². The largest absolute Gasteiger partial charge is 0.398 e. The van der Waals surface area contributed by atoms with Gasteiger partial charge in [0.15, 0.2) is 6.29 Å². The maximum Gasteiger partial charge on any atom is 0.152 e. The molecule has 0 unspecified atom stereocenters. The first kappa shape index (κ1) is 12.8. The molecular weight excluding hydrogens is 317 g/mol. The van der Waals surface area contributed by atoms with Crippen molar-refractivity contribution in [3.63, 3.8) is 0 Å². The van der Waals surface area contributed by atoms with Gasteiger partial charge in [-0.2, -0.15) is 0 Å². The summed E-state index contributed by atoms with van der Waals surface area (Å²) in [7, 11) is 0. The lowest BCUT2D eigenvalue weighted by molar-refractivity contribution is 0.112. The SMILES string of the molecule is CCC(=N)C=Nc1cc(I)c(N)cc1C=O. The number of carbonyl (C=O) groups is 1. The maximum absolute atomic E-state index is 10.8. The van der Waals surface area contributed by atoms with E-state index in [1.54, 1.807) is 12.1 Å². The van der Waals surface area contributed by atoms with Gasteiger partial charge in [-0.3, -0.25) is 9.79 Å². The number of carbonyl (C=O) groups excluding carboxylic acids is 1. The maximum atomic E-state index is 10.8. The number of halogens is 1. The average molecular weight is 329 g/mol. The quantitative estimate of drug-likeness (QED) is 0.386. The highest BCUT2D eigenvalue weighted by molar-refractivity contribution is 14.1. The van der Waals surface area contributed by atoms with Gasteiger partial charge in [-0.15, -0.1) is 0 Å². The molecule has 1 aromatic rings. The van der Waals surface area contributed by atoms with E-state index in [-0.39, 0.29) is 0 Å². The molecule has 1 rings (SSSR count). The van der Waals surface area contributed by atoms with Gasteiger partial charge in [-0.05, 0) is 41.1 Å². The second kappa shape index (κ2) is 5.74. The van der Waals surface area contributed by atoms with Crippen molar-refractivity contribution in [2.75, 3.05) is 5.73 Å². The van der Waals surface area contributed by atoms with Crippen molar-refractivity contribution in [1.29, 1.82) is 5.41 Å². The molecule has 0 radical (unpaired) electrons. The Kier molecular flexibility index (Phi) is 4.60. The predicted molar refractivity (Wildman–Crippen MR) is 75.1 cm³/mol. The van der Waals surface area contributed by atoms with Crippen LogP contribution in [0.4, 0.5) is 11.4 Å². The van der Waals surface area contributed by atoms with Crippen molar-refractivity contribution < 1.29 is 4.79 Å². The predicted octanol–water partition coefficient (Wildman–Crippen LogP) is 2.82. The molecule has 0 amide bonds. The summed E-state index contributed by atoms with van der Waals surface area (Å²) in [4.78, 5) is 14.9. The lowest BCUT2D eigenvalue weighted by atomic mass is 10.2. The number of hydrogen-bond acceptors (Lipinski definition) is 4. The topological polar surface area (TPSA) is 79.3 Å². The highest BCUT2D eigenvalue weighted by Crippen LogP contribution is 2.25. The summed E-state index contributed by atoms with van der Waals surface area (Å²) in [6, 6.07) is 3.33. The van der Waals surface area contributed by atoms with E-state index in [2.05, 4.69) is 27.6 Å². The minimum absolute atomic E-state index is 0.420. The molecule has 0 heterocycles. The van der Waals surface area contributed by atoms with Gasteiger partial charge < -0.3 is 11.1 Å². The Balaban J connectivity index is 3.12. The number of aldehydes is 1. The summed E-state index contributed by atoms with van der Waals surface area (Å²) in [6.07, 6.45) is 2.79. The molecule has 84 valence electrons. The van der Waals surface area contributed by atoms with Gasteiger partial charge in [-0.1, -0.05) is 6.92 Å². The number of nitrogens with zero attached hydrogens (tertiary/aromatic N) is 1. The van der Waals surface area contributed by atoms with Crippen LogP contribution < -0.4 is 5.73 Å². The number of anilines is 1. The zero-order valence-electron chi connectivity index (χ0n) is 8.83. The van der Waals surface area contributed by atoms with Crippen LogP contribution in [0.15, 0.2) is 17.1 Å². The number of hydrogen-bond donors (Lipinski definition) is 2. The zero-order valence-corrected chi connectivity index (χ0v) is 11.0. The van der Waals surface area contributed by atoms with Gasteiger partial charge in [0, 0.05) is 26.7 Å². The van der Waals surface area contributed by atoms with Gasteiger partial charge in [0.1, 0.15) is 0 Å². The summed E-state index contributed by atoms with van der Waals surface area (Å²) < 4.78 is 0.846. The first-order chi connectivity index (χ1) is 7.58. The molecule has 0 aliphatic carbocycles. The van der Waals surface area contributed by atoms with Gasteiger partial charge in [0.05, 0.1) is 5.69 Å². The molecule has 0 saturated heterocycles. The lowest BCUT2D eigenvalue weighted by Crippen LogP contribution is -1.96. The normalized spacial score (nSPS) is 10.6. The van der Waals surface area contributed by atoms with E-state index >= 15 is 0 Å². The highest BCUT2D eigenvalue weighted by atomic mass is 127. The number of rotatable bonds is 4. The Hall–Kier alpha value is -1.24. The third-order valence-electron chi connectivity index (χ3n) is 2.01. The Morgan fingerprint density at radius 3 is 2.88 bits per heavy atom. The number of nitrogen functional groups attached to an aromatic ring is 1. The van der Waals surface area contributed by atoms with Gasteiger partial charge in [0.2, 0.25) is 0 Å². The number of benzene rings is 1. The summed E-state index contributed by atoms with van der Waals surface area (Å²) in [6.45, 7) is 1.88. The standard InChI is InChI=1S/C11H12IN3O/c1-2-8(13)5-15-11-4-9(12)10(14)3-7(11)6-16/h3-6,13H,2,14H2,1H3. The van der Waals surface area contributed by atoms with E-state index in [9.17, 15) is 4.79 Å². The van der Waals surface area contributed by atoms with Crippen LogP contribution in [0, 0.1) is 8.98 Å². The molecule has 0 spiro atoms. The minimum atomic E-state index is 0.420. The van der Waals surface area contributed by atoms with Crippen LogP contribution in [0.2, 0.25) is 0 Å². The van der Waals surface area contributed by atoms with Crippen LogP contribution in [0.1, 0.15) is 23.7 Å². The first-order valence-electron chi connectivity index (χ1n) is 4.74. The van der Waals surface area contributed by atoms with Crippen LogP contribution in [0.5, 0.6) is 0 Å². The van der Waals surface area contributed by atoms with Crippen LogP contribution in [0.3, 0.4) is 0 Å². The molecular formula is C11H12IN3O. The summed E-state index contributed by atoms with van der Waals surface area (Å²) >= 11 is 2.08. The average Bonchev–Trinajstić information content (AvgIpc) is 2.29. The van der Waals surface area contributed by atoms with E-state index in [4.69, 9.17) is 11.1 Å². The molecule has 0 saturated carbocycles. The van der Waals surface area contributed by atoms with Crippen molar-refractivity contribution >= 4 is 52.2 Å². The molecule has 0 bridgehead atoms. The molecule has 16 heavy (non-hydrogen) atoms. The van der Waals surface area contributed by atoms with Gasteiger partial charge in [0.25, 0.3) is 0 Å². The van der Waals surface area contributed by atoms with Crippen molar-refractivity contribution in [2.45, 2.75) is 13.3 Å². The fraction of sp³-hybridized carbons (Fsp3) is 0.182. The molecule has 3 N–H and O–H groups in total. The van der Waals surface area contributed by atoms with Crippen LogP contribution in [-0.4, -0.2) is 18.2 Å². The number of aliphatic imine (C=N–C) groups is 1. The molecule has 0 aliphatic heterocycles. The Morgan fingerprint density at radius 1 is 1.62 bits per heavy atom. The molecule has 5 heteroatoms. The highest BCUT2D eigenvalue weighted by Gasteiger charge is 2.04. The van der Waals surface area contributed by atoms with E-state index in [1.807, 2.05) is 6.92 Å². The lowest BCUT2D eigenvalue weighted by Gasteiger charge is -2.03. The van der Waals surface area contributed by atoms with Crippen molar-refractivity contribution in [3.05, 3.63) is 21.3 Å². The molecule has 0 atom stereocenters. The van der Waals surface area contributed by atoms with Gasteiger partial charge >= 0.3 is 0 Å². The molecule has 4 nitrogen and oxygen atoms in total. The Labute approximate surface area is 108 Å². The monoisotopic (exact) mass is 329 g/mol. The van der Waals surface area contributed by atoms with Crippen molar-refractivity contribution in [2.24, 2.45) is 4.99 Å². The Bertz CT molecular complexity index is 455. The molecule has 0 fully saturated rings. The molecule has 0 aliphatic rings. The fourth-order valence-corrected chi connectivity index (χ4v) is 1.49. The summed E-state index contributed by atoms with van der Waals surface area (Å²) in [5.41, 5.74) is 7.66. The van der Waals surface area contributed by atoms with Gasteiger partial charge in [-0.25, -0.2) is 0 Å². The Morgan fingerprint density at radius 2 is 2.31 bits per heavy atom.